The first-order valence-electron chi connectivity index (χ1n) is 7.86. The molecule has 7 heteroatoms. The number of amides is 1. The quantitative estimate of drug-likeness (QED) is 0.704. The van der Waals surface area contributed by atoms with Crippen molar-refractivity contribution in [1.82, 2.24) is 0 Å². The number of carbonyl (C=O) groups excluding carboxylic acids is 1. The van der Waals surface area contributed by atoms with Crippen molar-refractivity contribution < 1.29 is 4.79 Å². The zero-order valence-electron chi connectivity index (χ0n) is 14.5. The van der Waals surface area contributed by atoms with E-state index in [9.17, 15) is 4.79 Å². The predicted molar refractivity (Wildman–Crippen MR) is 107 cm³/mol. The minimum Gasteiger partial charge on any atom is -0.401 e. The fraction of sp³-hybridized carbons (Fsp3) is 0.278. The van der Waals surface area contributed by atoms with Gasteiger partial charge in [0.05, 0.1) is 5.54 Å². The van der Waals surface area contributed by atoms with Crippen LogP contribution in [0.2, 0.25) is 0 Å². The van der Waals surface area contributed by atoms with E-state index < -0.39 is 0 Å². The van der Waals surface area contributed by atoms with Gasteiger partial charge in [-0.2, -0.15) is 0 Å². The summed E-state index contributed by atoms with van der Waals surface area (Å²) in [4.78, 5) is 21.0. The first-order valence-corrected chi connectivity index (χ1v) is 8.85. The van der Waals surface area contributed by atoms with Gasteiger partial charge in [-0.15, -0.1) is 0 Å². The maximum absolute atomic E-state index is 12.3. The van der Waals surface area contributed by atoms with Gasteiger partial charge in [-0.25, -0.2) is 4.99 Å². The lowest BCUT2D eigenvalue weighted by molar-refractivity contribution is -0.110. The van der Waals surface area contributed by atoms with Crippen molar-refractivity contribution in [2.75, 3.05) is 11.1 Å². The molecule has 1 aromatic carbocycles. The van der Waals surface area contributed by atoms with Gasteiger partial charge in [-0.05, 0) is 44.0 Å². The maximum atomic E-state index is 12.3. The van der Waals surface area contributed by atoms with Crippen molar-refractivity contribution in [1.29, 1.82) is 0 Å². The second-order valence-corrected chi connectivity index (χ2v) is 7.06. The third-order valence-electron chi connectivity index (χ3n) is 3.77. The van der Waals surface area contributed by atoms with Crippen LogP contribution in [0.3, 0.4) is 0 Å². The lowest BCUT2D eigenvalue weighted by Crippen LogP contribution is -2.29. The number of nitrogens with one attached hydrogen (secondary N) is 1. The molecule has 6 nitrogen and oxygen atoms in total. The first-order chi connectivity index (χ1) is 11.8. The highest BCUT2D eigenvalue weighted by Crippen LogP contribution is 2.35. The van der Waals surface area contributed by atoms with Gasteiger partial charge in [0.1, 0.15) is 5.71 Å². The molecule has 0 aliphatic carbocycles. The van der Waals surface area contributed by atoms with E-state index in [1.165, 1.54) is 12.3 Å². The van der Waals surface area contributed by atoms with Crippen molar-refractivity contribution in [2.24, 2.45) is 21.5 Å². The van der Waals surface area contributed by atoms with E-state index in [2.05, 4.69) is 21.9 Å². The minimum atomic E-state index is -0.384. The molecular formula is C18H23N5OS. The summed E-state index contributed by atoms with van der Waals surface area (Å²) in [7, 11) is 0. The second-order valence-electron chi connectivity index (χ2n) is 5.95. The highest BCUT2D eigenvalue weighted by atomic mass is 32.2. The molecule has 1 heterocycles. The number of hydrogen-bond acceptors (Lipinski definition) is 6. The van der Waals surface area contributed by atoms with Crippen molar-refractivity contribution in [3.05, 3.63) is 54.4 Å². The number of benzene rings is 1. The molecule has 132 valence electrons. The molecule has 0 saturated heterocycles. The van der Waals surface area contributed by atoms with Crippen LogP contribution in [0.4, 0.5) is 5.69 Å². The second kappa shape index (κ2) is 8.02. The van der Waals surface area contributed by atoms with Crippen LogP contribution in [0.1, 0.15) is 25.8 Å². The van der Waals surface area contributed by atoms with E-state index in [0.717, 1.165) is 17.7 Å². The molecule has 1 amide bonds. The van der Waals surface area contributed by atoms with Crippen LogP contribution in [0.15, 0.2) is 58.8 Å². The molecule has 1 unspecified atom stereocenters. The molecule has 25 heavy (non-hydrogen) atoms. The number of allylic oxidation sites excluding steroid dienone is 1. The number of carbonyl (C=O) groups is 1. The summed E-state index contributed by atoms with van der Waals surface area (Å²) in [6.07, 6.45) is 3.70. The van der Waals surface area contributed by atoms with Gasteiger partial charge in [-0.1, -0.05) is 30.5 Å². The van der Waals surface area contributed by atoms with Gasteiger partial charge in [-0.3, -0.25) is 9.79 Å². The molecule has 0 bridgehead atoms. The van der Waals surface area contributed by atoms with Crippen LogP contribution in [-0.2, 0) is 10.3 Å². The third-order valence-corrected chi connectivity index (χ3v) is 4.57. The minimum absolute atomic E-state index is 0.192. The van der Waals surface area contributed by atoms with Crippen LogP contribution in [0, 0.1) is 0 Å². The SMILES string of the molecule is C=CC(=N/C=C(/C)N)C(=O)Nc1cccc(C2(C)CCSC(N)=N2)c1. The monoisotopic (exact) mass is 357 g/mol. The Bertz CT molecular complexity index is 764. The van der Waals surface area contributed by atoms with Crippen molar-refractivity contribution in [2.45, 2.75) is 25.8 Å². The van der Waals surface area contributed by atoms with E-state index in [1.807, 2.05) is 31.2 Å². The van der Waals surface area contributed by atoms with Crippen LogP contribution < -0.4 is 16.8 Å². The molecule has 1 aliphatic heterocycles. The van der Waals surface area contributed by atoms with E-state index in [4.69, 9.17) is 11.5 Å². The fourth-order valence-corrected chi connectivity index (χ4v) is 3.37. The van der Waals surface area contributed by atoms with E-state index in [-0.39, 0.29) is 17.2 Å². The van der Waals surface area contributed by atoms with Crippen LogP contribution in [0.25, 0.3) is 0 Å². The molecule has 0 radical (unpaired) electrons. The first kappa shape index (κ1) is 18.8. The smallest absolute Gasteiger partial charge is 0.274 e. The molecular weight excluding hydrogens is 334 g/mol. The number of nitrogens with zero attached hydrogens (tertiary/aromatic N) is 2. The molecule has 0 fully saturated rings. The highest BCUT2D eigenvalue weighted by Gasteiger charge is 2.29. The molecule has 5 N–H and O–H groups in total. The molecule has 0 aromatic heterocycles. The summed E-state index contributed by atoms with van der Waals surface area (Å²) in [6, 6.07) is 7.61. The number of nitrogens with two attached hydrogens (primary N) is 2. The summed E-state index contributed by atoms with van der Waals surface area (Å²) < 4.78 is 0. The predicted octanol–water partition coefficient (Wildman–Crippen LogP) is 2.74. The van der Waals surface area contributed by atoms with Gasteiger partial charge >= 0.3 is 0 Å². The molecule has 0 saturated carbocycles. The molecule has 1 atom stereocenters. The van der Waals surface area contributed by atoms with E-state index >= 15 is 0 Å². The van der Waals surface area contributed by atoms with Crippen molar-refractivity contribution in [3.63, 3.8) is 0 Å². The maximum Gasteiger partial charge on any atom is 0.274 e. The van der Waals surface area contributed by atoms with Crippen LogP contribution >= 0.6 is 11.8 Å². The fourth-order valence-electron chi connectivity index (χ4n) is 2.40. The standard InChI is InChI=1S/C18H23N5OS/c1-4-15(21-11-12(2)19)16(24)22-14-7-5-6-13(10-14)18(3)8-9-25-17(20)23-18/h4-7,10-11H,1,8-9,19H2,2-3H3,(H2,20,23)(H,22,24)/b12-11-,21-15?. The number of anilines is 1. The van der Waals surface area contributed by atoms with Crippen LogP contribution in [-0.4, -0.2) is 22.5 Å². The largest absolute Gasteiger partial charge is 0.401 e. The number of aliphatic imine (C=N–C) groups is 2. The Labute approximate surface area is 152 Å². The zero-order valence-corrected chi connectivity index (χ0v) is 15.3. The number of amidine groups is 1. The lowest BCUT2D eigenvalue weighted by Gasteiger charge is -2.30. The Morgan fingerprint density at radius 1 is 1.52 bits per heavy atom. The summed E-state index contributed by atoms with van der Waals surface area (Å²) in [5.41, 5.74) is 13.4. The van der Waals surface area contributed by atoms with Gasteiger partial charge in [0.2, 0.25) is 0 Å². The van der Waals surface area contributed by atoms with Crippen molar-refractivity contribution in [3.8, 4) is 0 Å². The Balaban J connectivity index is 2.23. The normalized spacial score (nSPS) is 21.4. The van der Waals surface area contributed by atoms with Gasteiger partial charge in [0, 0.05) is 23.3 Å². The molecule has 1 aromatic rings. The van der Waals surface area contributed by atoms with Gasteiger partial charge in [0.15, 0.2) is 5.17 Å². The Kier molecular flexibility index (Phi) is 6.03. The van der Waals surface area contributed by atoms with Gasteiger partial charge < -0.3 is 16.8 Å². The summed E-state index contributed by atoms with van der Waals surface area (Å²) >= 11 is 1.56. The Morgan fingerprint density at radius 3 is 2.92 bits per heavy atom. The van der Waals surface area contributed by atoms with Crippen LogP contribution in [0.5, 0.6) is 0 Å². The van der Waals surface area contributed by atoms with Crippen molar-refractivity contribution >= 4 is 34.2 Å². The number of hydrogen-bond donors (Lipinski definition) is 3. The number of thioether (sulfide) groups is 1. The summed E-state index contributed by atoms with van der Waals surface area (Å²) in [5, 5.41) is 3.42. The topological polar surface area (TPSA) is 106 Å². The van der Waals surface area contributed by atoms with E-state index in [1.54, 1.807) is 18.7 Å². The molecule has 2 rings (SSSR count). The number of rotatable bonds is 5. The average Bonchev–Trinajstić information content (AvgIpc) is 2.55. The Morgan fingerprint density at radius 2 is 2.28 bits per heavy atom. The highest BCUT2D eigenvalue weighted by molar-refractivity contribution is 8.13. The molecule has 1 aliphatic rings. The summed E-state index contributed by atoms with van der Waals surface area (Å²) in [5.74, 6) is 0.567. The lowest BCUT2D eigenvalue weighted by atomic mass is 9.89. The average molecular weight is 357 g/mol. The summed E-state index contributed by atoms with van der Waals surface area (Å²) in [6.45, 7) is 7.36. The third kappa shape index (κ3) is 4.96. The van der Waals surface area contributed by atoms with Gasteiger partial charge in [0.25, 0.3) is 5.91 Å². The Hall–Kier alpha value is -2.54. The zero-order chi connectivity index (χ0) is 18.4. The molecule has 0 spiro atoms. The van der Waals surface area contributed by atoms with E-state index in [0.29, 0.717) is 16.6 Å².